The SMILES string of the molecule is CC(NC(=O)[C@@H](C)N)C(=O)OC[C@@H](COc1ccc(-c2c(C#N)c(N)nc(SCc3coc(-c4ccc(Cl)cc4)n3)c2C#N)cc1)OC(=O)C(C)NC(=O)[C@@H](C)N. The number of oxazole rings is 1. The van der Waals surface area contributed by atoms with E-state index in [-0.39, 0.29) is 45.6 Å². The molecule has 0 aliphatic heterocycles. The molecule has 8 N–H and O–H groups in total. The average molecular weight is 818 g/mol. The zero-order valence-electron chi connectivity index (χ0n) is 31.3. The molecule has 0 saturated carbocycles. The maximum Gasteiger partial charge on any atom is 0.328 e. The number of esters is 2. The van der Waals surface area contributed by atoms with E-state index < -0.39 is 60.6 Å². The van der Waals surface area contributed by atoms with Gasteiger partial charge in [0.05, 0.1) is 23.3 Å². The van der Waals surface area contributed by atoms with Crippen LogP contribution in [0.15, 0.2) is 64.2 Å². The van der Waals surface area contributed by atoms with Crippen molar-refractivity contribution in [2.75, 3.05) is 18.9 Å². The topological polar surface area (TPSA) is 285 Å². The number of thioether (sulfide) groups is 1. The molecule has 19 heteroatoms. The third-order valence-corrected chi connectivity index (χ3v) is 9.20. The second kappa shape index (κ2) is 20.1. The predicted molar refractivity (Wildman–Crippen MR) is 209 cm³/mol. The van der Waals surface area contributed by atoms with Crippen LogP contribution < -0.4 is 32.6 Å². The molecule has 17 nitrogen and oxygen atoms in total. The van der Waals surface area contributed by atoms with E-state index in [4.69, 9.17) is 47.4 Å². The van der Waals surface area contributed by atoms with Crippen LogP contribution in [0.4, 0.5) is 5.82 Å². The van der Waals surface area contributed by atoms with Gasteiger partial charge in [0.2, 0.25) is 17.7 Å². The van der Waals surface area contributed by atoms with Gasteiger partial charge in [-0.3, -0.25) is 9.59 Å². The lowest BCUT2D eigenvalue weighted by atomic mass is 9.97. The monoisotopic (exact) mass is 817 g/mol. The first-order chi connectivity index (χ1) is 27.1. The summed E-state index contributed by atoms with van der Waals surface area (Å²) in [5.41, 5.74) is 19.5. The van der Waals surface area contributed by atoms with Gasteiger partial charge in [-0.2, -0.15) is 10.5 Å². The third kappa shape index (κ3) is 11.9. The van der Waals surface area contributed by atoms with Gasteiger partial charge in [-0.25, -0.2) is 19.6 Å². The fourth-order valence-corrected chi connectivity index (χ4v) is 5.83. The fourth-order valence-electron chi connectivity index (χ4n) is 4.83. The van der Waals surface area contributed by atoms with Crippen LogP contribution >= 0.6 is 23.4 Å². The second-order valence-electron chi connectivity index (χ2n) is 12.7. The number of carbonyl (C=O) groups is 4. The van der Waals surface area contributed by atoms with Crippen LogP contribution in [0.25, 0.3) is 22.6 Å². The van der Waals surface area contributed by atoms with E-state index in [2.05, 4.69) is 26.7 Å². The van der Waals surface area contributed by atoms with Gasteiger partial charge in [0.15, 0.2) is 6.10 Å². The molecule has 0 saturated heterocycles. The number of rotatable bonds is 17. The van der Waals surface area contributed by atoms with E-state index >= 15 is 0 Å². The molecule has 2 aromatic carbocycles. The Hall–Kier alpha value is -6.18. The third-order valence-electron chi connectivity index (χ3n) is 7.94. The Morgan fingerprint density at radius 2 is 1.42 bits per heavy atom. The standard InChI is InChI=1S/C38H40ClN9O8S/c1-19(42)33(49)45-21(3)37(51)55-17-28(56-38(52)22(4)46-34(50)20(2)43)16-53-27-11-7-23(8-12-27)31-29(13-40)32(44)48-36(30(31)14-41)57-18-26-15-54-35(47-26)24-5-9-25(39)10-6-24/h5-12,15,19-22,28H,16-18,42-43H2,1-4H3,(H2,44,48)(H,45,49)(H,46,50)/t19-,20-,21?,22?,28-/m1/s1. The molecule has 4 aromatic rings. The van der Waals surface area contributed by atoms with Gasteiger partial charge in [-0.05, 0) is 69.7 Å². The summed E-state index contributed by atoms with van der Waals surface area (Å²) in [5, 5.41) is 26.0. The number of nitriles is 2. The molecule has 5 atom stereocenters. The van der Waals surface area contributed by atoms with Gasteiger partial charge in [-0.15, -0.1) is 0 Å². The van der Waals surface area contributed by atoms with Crippen molar-refractivity contribution in [1.82, 2.24) is 20.6 Å². The minimum atomic E-state index is -1.17. The van der Waals surface area contributed by atoms with E-state index in [1.807, 2.05) is 6.07 Å². The lowest BCUT2D eigenvalue weighted by Gasteiger charge is -2.22. The summed E-state index contributed by atoms with van der Waals surface area (Å²) in [6, 6.07) is 13.6. The van der Waals surface area contributed by atoms with Gasteiger partial charge in [-0.1, -0.05) is 35.5 Å². The van der Waals surface area contributed by atoms with Crippen molar-refractivity contribution in [3.63, 3.8) is 0 Å². The average Bonchev–Trinajstić information content (AvgIpc) is 3.66. The summed E-state index contributed by atoms with van der Waals surface area (Å²) in [7, 11) is 0. The number of amides is 2. The number of anilines is 1. The fraction of sp³-hybridized carbons (Fsp3) is 0.316. The zero-order chi connectivity index (χ0) is 41.8. The van der Waals surface area contributed by atoms with Crippen LogP contribution in [-0.2, 0) is 34.4 Å². The number of nitrogens with two attached hydrogens (primary N) is 3. The summed E-state index contributed by atoms with van der Waals surface area (Å²) in [5.74, 6) is -1.98. The molecular formula is C38H40ClN9O8S. The van der Waals surface area contributed by atoms with Gasteiger partial charge < -0.3 is 46.5 Å². The second-order valence-corrected chi connectivity index (χ2v) is 14.1. The Balaban J connectivity index is 1.50. The summed E-state index contributed by atoms with van der Waals surface area (Å²) >= 11 is 7.18. The first-order valence-electron chi connectivity index (χ1n) is 17.3. The quantitative estimate of drug-likeness (QED) is 0.0755. The van der Waals surface area contributed by atoms with Crippen molar-refractivity contribution in [3.05, 3.63) is 76.6 Å². The van der Waals surface area contributed by atoms with Gasteiger partial charge >= 0.3 is 11.9 Å². The first kappa shape index (κ1) is 43.5. The predicted octanol–water partition coefficient (Wildman–Crippen LogP) is 3.21. The summed E-state index contributed by atoms with van der Waals surface area (Å²) in [6.45, 7) is 4.90. The molecule has 0 radical (unpaired) electrons. The maximum atomic E-state index is 12.9. The molecule has 2 heterocycles. The Morgan fingerprint density at radius 3 is 2.00 bits per heavy atom. The van der Waals surface area contributed by atoms with E-state index in [1.165, 1.54) is 45.7 Å². The molecule has 2 amide bonds. The van der Waals surface area contributed by atoms with Gasteiger partial charge in [0, 0.05) is 21.9 Å². The number of benzene rings is 2. The van der Waals surface area contributed by atoms with Crippen molar-refractivity contribution < 1.29 is 37.8 Å². The number of hydrogen-bond acceptors (Lipinski definition) is 16. The summed E-state index contributed by atoms with van der Waals surface area (Å²) < 4.78 is 22.3. The molecule has 0 aliphatic carbocycles. The van der Waals surface area contributed by atoms with Gasteiger partial charge in [0.1, 0.15) is 65.9 Å². The highest BCUT2D eigenvalue weighted by Crippen LogP contribution is 2.37. The summed E-state index contributed by atoms with van der Waals surface area (Å²) in [6.07, 6.45) is 0.323. The Bertz CT molecular complexity index is 2170. The van der Waals surface area contributed by atoms with Crippen LogP contribution in [0.3, 0.4) is 0 Å². The lowest BCUT2D eigenvalue weighted by molar-refractivity contribution is -0.163. The zero-order valence-corrected chi connectivity index (χ0v) is 32.8. The van der Waals surface area contributed by atoms with E-state index in [9.17, 15) is 29.7 Å². The van der Waals surface area contributed by atoms with Gasteiger partial charge in [0.25, 0.3) is 0 Å². The molecule has 57 heavy (non-hydrogen) atoms. The first-order valence-corrected chi connectivity index (χ1v) is 18.7. The van der Waals surface area contributed by atoms with Crippen molar-refractivity contribution >= 4 is 52.9 Å². The molecule has 4 rings (SSSR count). The number of aromatic nitrogens is 2. The van der Waals surface area contributed by atoms with Crippen LogP contribution in [-0.4, -0.2) is 77.2 Å². The minimum Gasteiger partial charge on any atom is -0.490 e. The highest BCUT2D eigenvalue weighted by molar-refractivity contribution is 7.98. The number of nitrogen functional groups attached to an aromatic ring is 1. The molecule has 0 spiro atoms. The normalized spacial score (nSPS) is 13.4. The largest absolute Gasteiger partial charge is 0.490 e. The van der Waals surface area contributed by atoms with E-state index in [0.29, 0.717) is 22.2 Å². The Kier molecular flexibility index (Phi) is 15.4. The Labute approximate surface area is 337 Å². The minimum absolute atomic E-state index is 0.00130. The smallest absolute Gasteiger partial charge is 0.328 e. The van der Waals surface area contributed by atoms with Crippen molar-refractivity contribution in [1.29, 1.82) is 10.5 Å². The van der Waals surface area contributed by atoms with E-state index in [1.54, 1.807) is 48.5 Å². The number of pyridine rings is 1. The van der Waals surface area contributed by atoms with Crippen molar-refractivity contribution in [2.24, 2.45) is 11.5 Å². The maximum absolute atomic E-state index is 12.9. The molecule has 298 valence electrons. The van der Waals surface area contributed by atoms with Crippen molar-refractivity contribution in [3.8, 4) is 40.5 Å². The highest BCUT2D eigenvalue weighted by Gasteiger charge is 2.27. The number of halogens is 1. The molecular weight excluding hydrogens is 778 g/mol. The molecule has 2 unspecified atom stereocenters. The van der Waals surface area contributed by atoms with Crippen LogP contribution in [0.2, 0.25) is 5.02 Å². The van der Waals surface area contributed by atoms with Crippen LogP contribution in [0.5, 0.6) is 5.75 Å². The highest BCUT2D eigenvalue weighted by atomic mass is 35.5. The Morgan fingerprint density at radius 1 is 0.842 bits per heavy atom. The molecule has 2 aromatic heterocycles. The van der Waals surface area contributed by atoms with E-state index in [0.717, 1.165) is 5.56 Å². The van der Waals surface area contributed by atoms with Crippen molar-refractivity contribution in [2.45, 2.75) is 68.7 Å². The van der Waals surface area contributed by atoms with Crippen LogP contribution in [0, 0.1) is 22.7 Å². The molecule has 0 bridgehead atoms. The molecule has 0 aliphatic rings. The number of nitrogens with zero attached hydrogens (tertiary/aromatic N) is 4. The summed E-state index contributed by atoms with van der Waals surface area (Å²) in [4.78, 5) is 58.3. The number of ether oxygens (including phenoxy) is 3. The lowest BCUT2D eigenvalue weighted by Crippen LogP contribution is -2.48. The number of hydrogen-bond donors (Lipinski definition) is 5. The van der Waals surface area contributed by atoms with Crippen LogP contribution in [0.1, 0.15) is 44.5 Å². The number of nitrogens with one attached hydrogen (secondary N) is 2. The number of carbonyl (C=O) groups excluding carboxylic acids is 4. The molecule has 0 fully saturated rings.